The molecular formula is C65H48S. The van der Waals surface area contributed by atoms with Crippen molar-refractivity contribution in [3.63, 3.8) is 0 Å². The molecule has 0 spiro atoms. The van der Waals surface area contributed by atoms with E-state index in [1.165, 1.54) is 120 Å². The zero-order chi connectivity index (χ0) is 44.0. The predicted molar refractivity (Wildman–Crippen MR) is 285 cm³/mol. The molecule has 0 nitrogen and oxygen atoms in total. The number of hydrogen-bond acceptors (Lipinski definition) is 1. The zero-order valence-electron chi connectivity index (χ0n) is 37.0. The van der Waals surface area contributed by atoms with Gasteiger partial charge in [-0.2, -0.15) is 0 Å². The molecule has 0 saturated carbocycles. The van der Waals surface area contributed by atoms with Gasteiger partial charge in [0, 0.05) is 25.7 Å². The number of thiophene rings is 1. The molecule has 1 heterocycles. The summed E-state index contributed by atoms with van der Waals surface area (Å²) in [5.74, 6) is 0.419. The number of fused-ring (bicyclic) bond motifs is 5. The van der Waals surface area contributed by atoms with Crippen molar-refractivity contribution >= 4 is 47.9 Å². The molecule has 0 radical (unpaired) electrons. The lowest BCUT2D eigenvalue weighted by Crippen LogP contribution is -2.06. The minimum atomic E-state index is 0.419. The van der Waals surface area contributed by atoms with Crippen molar-refractivity contribution in [2.24, 2.45) is 0 Å². The van der Waals surface area contributed by atoms with Crippen LogP contribution in [0.4, 0.5) is 0 Å². The Balaban J connectivity index is 0.981. The maximum atomic E-state index is 2.55. The Kier molecular flexibility index (Phi) is 10.3. The summed E-state index contributed by atoms with van der Waals surface area (Å²) in [7, 11) is 0. The molecule has 1 aromatic heterocycles. The third-order valence-electron chi connectivity index (χ3n) is 13.7. The molecule has 314 valence electrons. The van der Waals surface area contributed by atoms with E-state index in [9.17, 15) is 0 Å². The van der Waals surface area contributed by atoms with E-state index in [1.54, 1.807) is 0 Å². The van der Waals surface area contributed by atoms with E-state index < -0.39 is 0 Å². The van der Waals surface area contributed by atoms with E-state index in [-0.39, 0.29) is 0 Å². The number of aryl methyl sites for hydroxylation is 1. The van der Waals surface area contributed by atoms with Gasteiger partial charge < -0.3 is 0 Å². The highest BCUT2D eigenvalue weighted by molar-refractivity contribution is 7.26. The molecule has 1 aliphatic carbocycles. The van der Waals surface area contributed by atoms with Crippen molar-refractivity contribution in [1.82, 2.24) is 0 Å². The van der Waals surface area contributed by atoms with Crippen molar-refractivity contribution in [1.29, 1.82) is 0 Å². The van der Waals surface area contributed by atoms with Gasteiger partial charge in [0.2, 0.25) is 0 Å². The SMILES string of the molecule is Cc1cc(C2=CCCC(c3cc(-c4ccccc4)cc(-c4ccccc4)c3)C2)c2sc3c(-c4cccc(-c5cc(-c6ccccc6)cc(-c6ccccc6)c5)c4)cc4ccccc4c3c2c1. The molecule has 1 atom stereocenters. The zero-order valence-corrected chi connectivity index (χ0v) is 37.9. The summed E-state index contributed by atoms with van der Waals surface area (Å²) >= 11 is 1.98. The second-order valence-electron chi connectivity index (χ2n) is 18.0. The van der Waals surface area contributed by atoms with Crippen LogP contribution in [0.3, 0.4) is 0 Å². The lowest BCUT2D eigenvalue weighted by Gasteiger charge is -2.25. The molecule has 0 bridgehead atoms. The van der Waals surface area contributed by atoms with Crippen LogP contribution >= 0.6 is 11.3 Å². The van der Waals surface area contributed by atoms with Crippen molar-refractivity contribution in [2.75, 3.05) is 0 Å². The molecule has 10 aromatic carbocycles. The van der Waals surface area contributed by atoms with Gasteiger partial charge in [0.05, 0.1) is 0 Å². The van der Waals surface area contributed by atoms with Gasteiger partial charge >= 0.3 is 0 Å². The van der Waals surface area contributed by atoms with E-state index in [4.69, 9.17) is 0 Å². The van der Waals surface area contributed by atoms with E-state index >= 15 is 0 Å². The fourth-order valence-corrected chi connectivity index (χ4v) is 11.9. The first-order chi connectivity index (χ1) is 32.6. The Morgan fingerprint density at radius 2 is 0.864 bits per heavy atom. The third-order valence-corrected chi connectivity index (χ3v) is 15.0. The van der Waals surface area contributed by atoms with Crippen LogP contribution in [0.5, 0.6) is 0 Å². The van der Waals surface area contributed by atoms with Crippen LogP contribution in [-0.2, 0) is 0 Å². The van der Waals surface area contributed by atoms with Crippen molar-refractivity contribution in [2.45, 2.75) is 32.1 Å². The summed E-state index contributed by atoms with van der Waals surface area (Å²) in [6, 6.07) is 83.3. The van der Waals surface area contributed by atoms with Crippen LogP contribution in [0.25, 0.3) is 103 Å². The van der Waals surface area contributed by atoms with E-state index in [0.29, 0.717) is 5.92 Å². The normalized spacial score (nSPS) is 13.9. The fourth-order valence-electron chi connectivity index (χ4n) is 10.5. The molecule has 0 N–H and O–H groups in total. The average molecular weight is 861 g/mol. The van der Waals surface area contributed by atoms with E-state index in [0.717, 1.165) is 19.3 Å². The molecule has 0 amide bonds. The van der Waals surface area contributed by atoms with Gasteiger partial charge in [-0.15, -0.1) is 11.3 Å². The first kappa shape index (κ1) is 40.0. The highest BCUT2D eigenvalue weighted by Gasteiger charge is 2.24. The molecule has 11 aromatic rings. The summed E-state index contributed by atoms with van der Waals surface area (Å²) in [5, 5.41) is 5.32. The highest BCUT2D eigenvalue weighted by atomic mass is 32.1. The van der Waals surface area contributed by atoms with Gasteiger partial charge in [0.15, 0.2) is 0 Å². The summed E-state index contributed by atoms with van der Waals surface area (Å²) < 4.78 is 2.74. The van der Waals surface area contributed by atoms with Crippen LogP contribution in [0, 0.1) is 6.92 Å². The first-order valence-corrected chi connectivity index (χ1v) is 24.1. The second kappa shape index (κ2) is 17.1. The summed E-state index contributed by atoms with van der Waals surface area (Å²) in [4.78, 5) is 0. The molecule has 1 heteroatoms. The quantitative estimate of drug-likeness (QED) is 0.143. The maximum absolute atomic E-state index is 2.55. The topological polar surface area (TPSA) is 0 Å². The van der Waals surface area contributed by atoms with Crippen LogP contribution in [-0.4, -0.2) is 0 Å². The van der Waals surface area contributed by atoms with Crippen LogP contribution in [0.1, 0.15) is 41.9 Å². The van der Waals surface area contributed by atoms with Gasteiger partial charge in [-0.05, 0) is 169 Å². The van der Waals surface area contributed by atoms with Crippen LogP contribution in [0.2, 0.25) is 0 Å². The maximum Gasteiger partial charge on any atom is 0.0440 e. The number of benzene rings is 10. The Morgan fingerprint density at radius 3 is 1.45 bits per heavy atom. The monoisotopic (exact) mass is 860 g/mol. The van der Waals surface area contributed by atoms with Gasteiger partial charge in [-0.1, -0.05) is 188 Å². The van der Waals surface area contributed by atoms with Crippen molar-refractivity contribution < 1.29 is 0 Å². The Labute approximate surface area is 391 Å². The van der Waals surface area contributed by atoms with Gasteiger partial charge in [-0.3, -0.25) is 0 Å². The summed E-state index contributed by atoms with van der Waals surface area (Å²) in [6.07, 6.45) is 5.77. The molecule has 12 rings (SSSR count). The molecule has 1 unspecified atom stereocenters. The van der Waals surface area contributed by atoms with E-state index in [1.807, 2.05) is 11.3 Å². The number of rotatable bonds is 8. The molecule has 0 aliphatic heterocycles. The Hall–Kier alpha value is -7.58. The van der Waals surface area contributed by atoms with Gasteiger partial charge in [-0.25, -0.2) is 0 Å². The smallest absolute Gasteiger partial charge is 0.0440 e. The second-order valence-corrected chi connectivity index (χ2v) is 19.1. The summed E-state index contributed by atoms with van der Waals surface area (Å²) in [5.41, 5.74) is 20.5. The van der Waals surface area contributed by atoms with E-state index in [2.05, 4.69) is 237 Å². The average Bonchev–Trinajstić information content (AvgIpc) is 3.78. The number of allylic oxidation sites excluding steroid dienone is 2. The molecule has 0 fully saturated rings. The Bertz CT molecular complexity index is 3480. The highest BCUT2D eigenvalue weighted by Crippen LogP contribution is 2.49. The van der Waals surface area contributed by atoms with Gasteiger partial charge in [0.1, 0.15) is 0 Å². The number of hydrogen-bond donors (Lipinski definition) is 0. The first-order valence-electron chi connectivity index (χ1n) is 23.3. The standard InChI is InChI=1S/C65H48S/c1-43-32-60(50-29-16-27-48(34-50)57-38-53(44-18-6-2-7-19-44)36-54(39-57)45-20-8-3-9-21-45)64-62(33-43)63-59-31-15-14-26-52(59)42-61(65(63)66-64)51-30-17-28-49(35-51)58-40-55(46-22-10-4-11-23-46)37-56(41-58)47-24-12-5-13-25-47/h2-15,17-26,28-33,35-42,48H,16,27,34H2,1H3. The summed E-state index contributed by atoms with van der Waals surface area (Å²) in [6.45, 7) is 2.28. The molecule has 1 aliphatic rings. The molecule has 0 saturated heterocycles. The molecule has 66 heavy (non-hydrogen) atoms. The van der Waals surface area contributed by atoms with Crippen LogP contribution < -0.4 is 0 Å². The molecular weight excluding hydrogens is 813 g/mol. The minimum Gasteiger partial charge on any atom is -0.134 e. The van der Waals surface area contributed by atoms with Gasteiger partial charge in [0.25, 0.3) is 0 Å². The Morgan fingerprint density at radius 1 is 0.379 bits per heavy atom. The van der Waals surface area contributed by atoms with Crippen molar-refractivity contribution in [3.05, 3.63) is 247 Å². The fraction of sp³-hybridized carbons (Fsp3) is 0.0769. The largest absolute Gasteiger partial charge is 0.134 e. The predicted octanol–water partition coefficient (Wildman–Crippen LogP) is 18.9. The van der Waals surface area contributed by atoms with Crippen molar-refractivity contribution in [3.8, 4) is 66.8 Å². The minimum absolute atomic E-state index is 0.419. The lowest BCUT2D eigenvalue weighted by atomic mass is 9.79. The third kappa shape index (κ3) is 7.56. The van der Waals surface area contributed by atoms with Crippen LogP contribution in [0.15, 0.2) is 231 Å². The lowest BCUT2D eigenvalue weighted by molar-refractivity contribution is 0.628.